The second-order valence-corrected chi connectivity index (χ2v) is 80.2. The van der Waals surface area contributed by atoms with Crippen molar-refractivity contribution in [3.8, 4) is 39.5 Å². The molecule has 0 aliphatic carbocycles. The molecule has 0 amide bonds. The van der Waals surface area contributed by atoms with Crippen LogP contribution in [0.15, 0.2) is 31.8 Å². The smallest absolute Gasteiger partial charge is 1.00 e. The molecule has 8 aromatic rings. The second kappa shape index (κ2) is 66.7. The number of ether oxygens (including phenoxy) is 1. The molecule has 0 aromatic carbocycles. The zero-order chi connectivity index (χ0) is 81.6. The average Bonchev–Trinajstić information content (AvgIpc) is 1.63. The summed E-state index contributed by atoms with van der Waals surface area (Å²) in [5.74, 6) is 0. The first-order chi connectivity index (χ1) is 54.8. The second-order valence-electron chi connectivity index (χ2n) is 34.3. The zero-order valence-corrected chi connectivity index (χ0v) is 90.8. The van der Waals surface area contributed by atoms with Crippen LogP contribution in [0.4, 0.5) is 0 Å². The van der Waals surface area contributed by atoms with Gasteiger partial charge < -0.3 is 11.7 Å². The minimum atomic E-state index is -2.18. The molecule has 8 aromatic heterocycles. The summed E-state index contributed by atoms with van der Waals surface area (Å²) >= 11 is 18.6. The summed E-state index contributed by atoms with van der Waals surface area (Å²) < 4.78 is 9.06. The van der Waals surface area contributed by atoms with Gasteiger partial charge >= 0.3 is 286 Å². The van der Waals surface area contributed by atoms with Crippen LogP contribution in [-0.2, 0) is 30.4 Å². The molecule has 642 valence electrons. The normalized spacial score (nSPS) is 12.3. The van der Waals surface area contributed by atoms with Crippen LogP contribution < -0.4 is 21.8 Å². The van der Waals surface area contributed by atoms with Crippen LogP contribution in [0, 0.1) is 13.8 Å². The van der Waals surface area contributed by atoms with Crippen molar-refractivity contribution in [3.05, 3.63) is 65.9 Å². The Kier molecular flexibility index (Phi) is 62.9. The molecule has 19 heteroatoms. The van der Waals surface area contributed by atoms with E-state index >= 15 is 0 Å². The molecule has 0 saturated carbocycles. The Hall–Kier alpha value is 1.24. The van der Waals surface area contributed by atoms with E-state index in [0.717, 1.165) is 61.8 Å². The van der Waals surface area contributed by atoms with E-state index < -0.39 is 35.6 Å². The molecule has 0 atom stereocenters. The monoisotopic (exact) mass is 2070 g/mol. The quantitative estimate of drug-likeness (QED) is 0.0216. The Morgan fingerprint density at radius 1 is 0.333 bits per heavy atom. The maximum absolute atomic E-state index is 5.74. The molecule has 0 spiro atoms. The van der Waals surface area contributed by atoms with Gasteiger partial charge in [0, 0.05) is 13.2 Å². The summed E-state index contributed by atoms with van der Waals surface area (Å²) in [4.78, 5) is 46.4. The Morgan fingerprint density at radius 3 is 0.781 bits per heavy atom. The van der Waals surface area contributed by atoms with Gasteiger partial charge in [-0.3, -0.25) is 0 Å². The molecule has 0 unspecified atom stereocenters. The average molecular weight is 2070 g/mol. The van der Waals surface area contributed by atoms with Crippen LogP contribution in [0.2, 0.25) is 29.6 Å². The molecule has 9 rings (SSSR count). The third-order valence-electron chi connectivity index (χ3n) is 21.1. The molecule has 0 bridgehead atoms. The van der Waals surface area contributed by atoms with Crippen molar-refractivity contribution in [2.45, 2.75) is 431 Å². The number of aromatic nitrogens is 4. The third kappa shape index (κ3) is 47.5. The van der Waals surface area contributed by atoms with Gasteiger partial charge in [0.2, 0.25) is 0 Å². The molecule has 9 heterocycles. The fourth-order valence-corrected chi connectivity index (χ4v) is 29.9. The van der Waals surface area contributed by atoms with Crippen LogP contribution in [0.3, 0.4) is 0 Å². The van der Waals surface area contributed by atoms with Crippen LogP contribution in [-0.4, -0.2) is 68.8 Å². The van der Waals surface area contributed by atoms with Gasteiger partial charge in [0.1, 0.15) is 10.0 Å². The van der Waals surface area contributed by atoms with Gasteiger partial charge in [-0.1, -0.05) is 301 Å². The van der Waals surface area contributed by atoms with Crippen LogP contribution in [0.25, 0.3) is 58.9 Å². The predicted octanol–water partition coefficient (Wildman–Crippen LogP) is 35.3. The van der Waals surface area contributed by atoms with E-state index in [4.69, 9.17) is 33.6 Å². The number of halogens is 3. The number of aryl methyl sites for hydroxylation is 5. The molecule has 1 aliphatic rings. The van der Waals surface area contributed by atoms with E-state index in [1.54, 1.807) is 31.1 Å². The van der Waals surface area contributed by atoms with E-state index in [2.05, 4.69) is 146 Å². The van der Waals surface area contributed by atoms with Gasteiger partial charge in [-0.05, 0) is 93.6 Å². The van der Waals surface area contributed by atoms with Crippen LogP contribution >= 0.6 is 131 Å². The van der Waals surface area contributed by atoms with Gasteiger partial charge in [0.05, 0.1) is 17.3 Å². The molecule has 0 N–H and O–H groups in total. The standard InChI is InChI=1S/C41H63N2S4.C40H60Br2N2S4.C4H8O.C4H9.6CH3.ClH.Li.2Sn/c1-4-6-8-10-12-14-16-18-20-22-24-26-28-34-30-31-44-36(34)38-42-40-41(46-38)43-39(47-40)37-35(32-33(3)45-37)29-27-25-23-21-19-17-15-13-11-9-7-5-2;1-3-5-7-9-11-13-15-17-19-21-23-25-27-31-29-33(41)45-35(31)37-43-39-40(47-37)44-38(48-39)36-32(30-34(42)46-36)28-26-24-22-20-18-16-14-12-10-8-6-4-2;1-2-4-5-3-1;1-3-4-2;;;;;;;;;;/h30,32H,4-29H2,1-3H3;29-30H,3-28H2,1-2H3;1-4H2;1,3-4H2,2H3;6*1H3;1H;;;/q;;;-1;;;;;;;;+1;;+1/p-1. The van der Waals surface area contributed by atoms with Crippen LogP contribution in [0.1, 0.15) is 396 Å². The molecular formula is C95H158Br2ClLiN4OS8Sn2. The van der Waals surface area contributed by atoms with Crippen molar-refractivity contribution in [2.75, 3.05) is 13.2 Å². The number of nitrogens with zero attached hydrogens (tertiary/aromatic N) is 4. The number of unbranched alkanes of at least 4 members (excludes halogenated alkanes) is 45. The number of hydrogen-bond donors (Lipinski definition) is 0. The molecule has 0 radical (unpaired) electrons. The summed E-state index contributed by atoms with van der Waals surface area (Å²) in [6.07, 6.45) is 76.6. The van der Waals surface area contributed by atoms with Gasteiger partial charge in [0.15, 0.2) is 9.66 Å². The Labute approximate surface area is 772 Å². The topological polar surface area (TPSA) is 60.8 Å². The molecule has 1 aliphatic heterocycles. The molecule has 1 saturated heterocycles. The third-order valence-corrected chi connectivity index (χ3v) is 40.9. The Bertz CT molecular complexity index is 3440. The van der Waals surface area contributed by atoms with Crippen LogP contribution in [0.5, 0.6) is 0 Å². The summed E-state index contributed by atoms with van der Waals surface area (Å²) in [5, 5.41) is 4.69. The zero-order valence-electron chi connectivity index (χ0n) is 74.6. The maximum Gasteiger partial charge on any atom is 1.00 e. The van der Waals surface area contributed by atoms with E-state index in [-0.39, 0.29) is 18.9 Å². The van der Waals surface area contributed by atoms with E-state index in [1.807, 2.05) is 56.7 Å². The summed E-state index contributed by atoms with van der Waals surface area (Å²) in [6, 6.07) is 9.69. The first-order valence-electron chi connectivity index (χ1n) is 46.2. The van der Waals surface area contributed by atoms with Gasteiger partial charge in [-0.25, -0.2) is 9.97 Å². The number of fused-ring (bicyclic) bond motifs is 2. The van der Waals surface area contributed by atoms with Crippen molar-refractivity contribution in [2.24, 2.45) is 0 Å². The SMILES string of the molecule is C1CCOC1.CCCCCCCCCCCCCCc1cc(Br)sc1-c1nc2sc(-c3sc(Br)cc3CCCCCCCCCCCCCC)nc2s1.CCCCCCCCCCCCCCc1cc(C)sc1-c1nc2sc(-c3s[c]([Sn]([CH3])([CH3])[CH3])cc3CCCCCCCCCCCCCC)nc2s1.[CH2-]CCC.[CH3][Sn]([CH3])([CH3])[Cl].[Li+]. The largest absolute Gasteiger partial charge is 1.00 e. The van der Waals surface area contributed by atoms with Gasteiger partial charge in [-0.15, -0.1) is 22.7 Å². The molecule has 114 heavy (non-hydrogen) atoms. The minimum absolute atomic E-state index is 0. The van der Waals surface area contributed by atoms with Crippen molar-refractivity contribution in [3.63, 3.8) is 0 Å². The van der Waals surface area contributed by atoms with Gasteiger partial charge in [0.25, 0.3) is 0 Å². The fraction of sp³-hybridized carbons (Fsp3) is 0.737. The van der Waals surface area contributed by atoms with E-state index in [9.17, 15) is 0 Å². The molecule has 1 fully saturated rings. The van der Waals surface area contributed by atoms with Crippen molar-refractivity contribution >= 4 is 189 Å². The summed E-state index contributed by atoms with van der Waals surface area (Å²) in [5.41, 5.74) is 5.98. The minimum Gasteiger partial charge on any atom is 1.00 e. The predicted molar refractivity (Wildman–Crippen MR) is 536 cm³/mol. The van der Waals surface area contributed by atoms with E-state index in [1.165, 1.54) is 399 Å². The molecular weight excluding hydrogens is 1910 g/mol. The molecule has 5 nitrogen and oxygen atoms in total. The fourth-order valence-electron chi connectivity index (χ4n) is 14.4. The first-order valence-corrected chi connectivity index (χ1v) is 76.5. The number of hydrogen-bond acceptors (Lipinski definition) is 13. The summed E-state index contributed by atoms with van der Waals surface area (Å²) in [6.45, 7) is 19.2. The van der Waals surface area contributed by atoms with E-state index in [0.29, 0.717) is 0 Å². The first kappa shape index (κ1) is 108. The summed E-state index contributed by atoms with van der Waals surface area (Å²) in [7, 11) is 5.74. The number of thiophene rings is 4. The van der Waals surface area contributed by atoms with Crippen molar-refractivity contribution in [1.29, 1.82) is 0 Å². The van der Waals surface area contributed by atoms with Gasteiger partial charge in [-0.2, -0.15) is 6.42 Å². The van der Waals surface area contributed by atoms with Crippen molar-refractivity contribution in [1.82, 2.24) is 19.9 Å². The maximum atomic E-state index is 5.74. The Morgan fingerprint density at radius 2 is 0.553 bits per heavy atom. The Balaban J connectivity index is 0.000000407. The number of rotatable bonds is 58. The number of thiazole rings is 4. The van der Waals surface area contributed by atoms with Crippen molar-refractivity contribution < 1.29 is 23.6 Å².